The SMILES string of the molecule is COc1ccc(Cl)cc1NC(=O)Nc1ccc(-c2cnc3n2CCC3)cc1. The predicted octanol–water partition coefficient (Wildman–Crippen LogP) is 4.80. The third kappa shape index (κ3) is 3.61. The van der Waals surface area contributed by atoms with Gasteiger partial charge in [0.1, 0.15) is 11.6 Å². The zero-order chi connectivity index (χ0) is 18.8. The monoisotopic (exact) mass is 382 g/mol. The maximum atomic E-state index is 12.3. The molecule has 1 aliphatic rings. The first-order valence-corrected chi connectivity index (χ1v) is 9.08. The number of nitrogens with one attached hydrogen (secondary N) is 2. The van der Waals surface area contributed by atoms with Gasteiger partial charge in [-0.1, -0.05) is 23.7 Å². The fourth-order valence-electron chi connectivity index (χ4n) is 3.28. The van der Waals surface area contributed by atoms with E-state index in [9.17, 15) is 4.79 Å². The Hall–Kier alpha value is -2.99. The summed E-state index contributed by atoms with van der Waals surface area (Å²) < 4.78 is 7.49. The number of anilines is 2. The van der Waals surface area contributed by atoms with Gasteiger partial charge >= 0.3 is 6.03 Å². The second-order valence-corrected chi connectivity index (χ2v) is 6.75. The molecule has 1 aliphatic heterocycles. The largest absolute Gasteiger partial charge is 0.495 e. The highest BCUT2D eigenvalue weighted by Gasteiger charge is 2.16. The number of carbonyl (C=O) groups excluding carboxylic acids is 1. The number of ether oxygens (including phenoxy) is 1. The van der Waals surface area contributed by atoms with E-state index in [1.807, 2.05) is 30.5 Å². The number of hydrogen-bond donors (Lipinski definition) is 2. The first-order chi connectivity index (χ1) is 13.1. The normalized spacial score (nSPS) is 12.5. The fourth-order valence-corrected chi connectivity index (χ4v) is 3.45. The van der Waals surface area contributed by atoms with E-state index in [-0.39, 0.29) is 6.03 Å². The Morgan fingerprint density at radius 3 is 2.78 bits per heavy atom. The number of imidazole rings is 1. The van der Waals surface area contributed by atoms with Crippen LogP contribution in [0.1, 0.15) is 12.2 Å². The number of hydrogen-bond acceptors (Lipinski definition) is 3. The lowest BCUT2D eigenvalue weighted by atomic mass is 10.1. The molecule has 6 nitrogen and oxygen atoms in total. The van der Waals surface area contributed by atoms with Crippen molar-refractivity contribution in [2.75, 3.05) is 17.7 Å². The van der Waals surface area contributed by atoms with Crippen molar-refractivity contribution in [1.29, 1.82) is 0 Å². The van der Waals surface area contributed by atoms with Gasteiger partial charge in [-0.05, 0) is 42.3 Å². The molecule has 3 aromatic rings. The second-order valence-electron chi connectivity index (χ2n) is 6.32. The number of nitrogens with zero attached hydrogens (tertiary/aromatic N) is 2. The van der Waals surface area contributed by atoms with Crippen molar-refractivity contribution in [2.24, 2.45) is 0 Å². The van der Waals surface area contributed by atoms with Crippen LogP contribution in [0, 0.1) is 0 Å². The molecule has 0 aliphatic carbocycles. The van der Waals surface area contributed by atoms with E-state index in [0.717, 1.165) is 36.5 Å². The molecule has 0 atom stereocenters. The zero-order valence-corrected chi connectivity index (χ0v) is 15.6. The van der Waals surface area contributed by atoms with Gasteiger partial charge in [0.05, 0.1) is 24.7 Å². The molecule has 0 fully saturated rings. The van der Waals surface area contributed by atoms with Crippen LogP contribution in [0.15, 0.2) is 48.7 Å². The molecule has 0 bridgehead atoms. The van der Waals surface area contributed by atoms with Gasteiger partial charge in [0, 0.05) is 23.7 Å². The molecular formula is C20H19ClN4O2. The molecule has 0 spiro atoms. The van der Waals surface area contributed by atoms with Crippen LogP contribution in [0.5, 0.6) is 5.75 Å². The molecule has 138 valence electrons. The standard InChI is InChI=1S/C20H19ClN4O2/c1-27-18-9-6-14(21)11-16(18)24-20(26)23-15-7-4-13(5-8-15)17-12-22-19-3-2-10-25(17)19/h4-9,11-12H,2-3,10H2,1H3,(H2,23,24,26). The van der Waals surface area contributed by atoms with Crippen molar-refractivity contribution in [1.82, 2.24) is 9.55 Å². The Morgan fingerprint density at radius 1 is 1.19 bits per heavy atom. The third-order valence-electron chi connectivity index (χ3n) is 4.57. The minimum absolute atomic E-state index is 0.367. The maximum Gasteiger partial charge on any atom is 0.323 e. The lowest BCUT2D eigenvalue weighted by molar-refractivity contribution is 0.262. The van der Waals surface area contributed by atoms with Crippen LogP contribution in [0.25, 0.3) is 11.3 Å². The van der Waals surface area contributed by atoms with Crippen molar-refractivity contribution in [3.05, 3.63) is 59.5 Å². The van der Waals surface area contributed by atoms with Crippen LogP contribution in [0.2, 0.25) is 5.02 Å². The number of rotatable bonds is 4. The average Bonchev–Trinajstić information content (AvgIpc) is 3.26. The molecule has 4 rings (SSSR count). The van der Waals surface area contributed by atoms with Gasteiger partial charge in [-0.3, -0.25) is 0 Å². The Kier molecular flexibility index (Phi) is 4.73. The van der Waals surface area contributed by atoms with Gasteiger partial charge in [-0.2, -0.15) is 0 Å². The van der Waals surface area contributed by atoms with E-state index in [4.69, 9.17) is 16.3 Å². The van der Waals surface area contributed by atoms with E-state index in [2.05, 4.69) is 20.2 Å². The van der Waals surface area contributed by atoms with Crippen LogP contribution in [0.4, 0.5) is 16.2 Å². The minimum Gasteiger partial charge on any atom is -0.495 e. The van der Waals surface area contributed by atoms with E-state index in [1.165, 1.54) is 7.11 Å². The Balaban J connectivity index is 1.45. The highest BCUT2D eigenvalue weighted by molar-refractivity contribution is 6.31. The molecule has 0 saturated carbocycles. The van der Waals surface area contributed by atoms with E-state index in [1.54, 1.807) is 18.2 Å². The number of fused-ring (bicyclic) bond motifs is 1. The number of methoxy groups -OCH3 is 1. The highest BCUT2D eigenvalue weighted by Crippen LogP contribution is 2.29. The van der Waals surface area contributed by atoms with E-state index >= 15 is 0 Å². The minimum atomic E-state index is -0.367. The summed E-state index contributed by atoms with van der Waals surface area (Å²) in [6.07, 6.45) is 4.09. The summed E-state index contributed by atoms with van der Waals surface area (Å²) in [6.45, 7) is 1.01. The molecule has 1 aromatic heterocycles. The van der Waals surface area contributed by atoms with Crippen molar-refractivity contribution in [3.8, 4) is 17.0 Å². The number of benzene rings is 2. The number of urea groups is 1. The number of halogens is 1. The topological polar surface area (TPSA) is 68.2 Å². The molecule has 2 heterocycles. The summed E-state index contributed by atoms with van der Waals surface area (Å²) in [5.41, 5.74) is 3.40. The van der Waals surface area contributed by atoms with Crippen LogP contribution < -0.4 is 15.4 Å². The summed E-state index contributed by atoms with van der Waals surface area (Å²) in [7, 11) is 1.54. The van der Waals surface area contributed by atoms with Crippen LogP contribution in [0.3, 0.4) is 0 Å². The molecule has 7 heteroatoms. The maximum absolute atomic E-state index is 12.3. The van der Waals surface area contributed by atoms with Gasteiger partial charge in [0.2, 0.25) is 0 Å². The Morgan fingerprint density at radius 2 is 2.00 bits per heavy atom. The zero-order valence-electron chi connectivity index (χ0n) is 14.8. The van der Waals surface area contributed by atoms with E-state index < -0.39 is 0 Å². The first kappa shape index (κ1) is 17.4. The number of amides is 2. The Labute approximate surface area is 162 Å². The van der Waals surface area contributed by atoms with Crippen molar-refractivity contribution >= 4 is 29.0 Å². The number of carbonyl (C=O) groups is 1. The number of aryl methyl sites for hydroxylation is 1. The van der Waals surface area contributed by atoms with Gasteiger partial charge in [-0.25, -0.2) is 9.78 Å². The molecular weight excluding hydrogens is 364 g/mol. The van der Waals surface area contributed by atoms with Crippen LogP contribution in [-0.2, 0) is 13.0 Å². The summed E-state index contributed by atoms with van der Waals surface area (Å²) in [6, 6.07) is 12.4. The molecule has 27 heavy (non-hydrogen) atoms. The van der Waals surface area contributed by atoms with Crippen molar-refractivity contribution < 1.29 is 9.53 Å². The first-order valence-electron chi connectivity index (χ1n) is 8.70. The van der Waals surface area contributed by atoms with Crippen molar-refractivity contribution in [2.45, 2.75) is 19.4 Å². The molecule has 0 radical (unpaired) electrons. The Bertz CT molecular complexity index is 982. The van der Waals surface area contributed by atoms with Crippen LogP contribution in [-0.4, -0.2) is 22.7 Å². The quantitative estimate of drug-likeness (QED) is 0.680. The molecule has 2 N–H and O–H groups in total. The fraction of sp³-hybridized carbons (Fsp3) is 0.200. The molecule has 0 unspecified atom stereocenters. The lowest BCUT2D eigenvalue weighted by Gasteiger charge is -2.12. The second kappa shape index (κ2) is 7.32. The van der Waals surface area contributed by atoms with Gasteiger partial charge in [0.15, 0.2) is 0 Å². The van der Waals surface area contributed by atoms with Crippen molar-refractivity contribution in [3.63, 3.8) is 0 Å². The van der Waals surface area contributed by atoms with Crippen LogP contribution >= 0.6 is 11.6 Å². The third-order valence-corrected chi connectivity index (χ3v) is 4.80. The summed E-state index contributed by atoms with van der Waals surface area (Å²) in [4.78, 5) is 16.8. The van der Waals surface area contributed by atoms with Gasteiger partial charge in [-0.15, -0.1) is 0 Å². The highest BCUT2D eigenvalue weighted by atomic mass is 35.5. The summed E-state index contributed by atoms with van der Waals surface area (Å²) in [5.74, 6) is 1.68. The summed E-state index contributed by atoms with van der Waals surface area (Å²) in [5, 5.41) is 6.09. The number of aromatic nitrogens is 2. The molecule has 2 aromatic carbocycles. The van der Waals surface area contributed by atoms with Gasteiger partial charge < -0.3 is 19.9 Å². The molecule has 0 saturated heterocycles. The van der Waals surface area contributed by atoms with E-state index in [0.29, 0.717) is 22.1 Å². The molecule has 2 amide bonds. The average molecular weight is 383 g/mol. The lowest BCUT2D eigenvalue weighted by Crippen LogP contribution is -2.19. The predicted molar refractivity (Wildman–Crippen MR) is 107 cm³/mol. The summed E-state index contributed by atoms with van der Waals surface area (Å²) >= 11 is 5.99. The smallest absolute Gasteiger partial charge is 0.323 e. The van der Waals surface area contributed by atoms with Gasteiger partial charge in [0.25, 0.3) is 0 Å².